The number of fused-ring (bicyclic) bond motifs is 1. The lowest BCUT2D eigenvalue weighted by Gasteiger charge is -2.15. The summed E-state index contributed by atoms with van der Waals surface area (Å²) >= 11 is 0.909. The molecule has 4 aromatic rings. The Labute approximate surface area is 217 Å². The molecule has 1 aliphatic carbocycles. The van der Waals surface area contributed by atoms with Crippen molar-refractivity contribution < 1.29 is 13.2 Å². The highest BCUT2D eigenvalue weighted by molar-refractivity contribution is 7.91. The van der Waals surface area contributed by atoms with Crippen molar-refractivity contribution in [3.05, 3.63) is 67.9 Å². The minimum Gasteiger partial charge on any atom is -0.496 e. The maximum absolute atomic E-state index is 13.7. The van der Waals surface area contributed by atoms with Gasteiger partial charge in [0.05, 0.1) is 37.5 Å². The third kappa shape index (κ3) is 4.62. The van der Waals surface area contributed by atoms with Gasteiger partial charge < -0.3 is 4.74 Å². The van der Waals surface area contributed by atoms with E-state index in [0.29, 0.717) is 17.0 Å². The summed E-state index contributed by atoms with van der Waals surface area (Å²) in [5.74, 6) is 0.661. The monoisotopic (exact) mass is 544 g/mol. The van der Waals surface area contributed by atoms with Crippen LogP contribution in [-0.2, 0) is 30.2 Å². The summed E-state index contributed by atoms with van der Waals surface area (Å²) in [6, 6.07) is 1.36. The SMILES string of the molecule is COc1c(C)cnc(Cn2c(=O)n(Cc3cnn(C)c3)c(=O)c3cc(S(=O)(=O)NC4(C)CC4)sc32)c1C. The Hall–Kier alpha value is -3.29. The first-order valence-electron chi connectivity index (χ1n) is 11.7. The second-order valence-corrected chi connectivity index (χ2v) is 12.7. The van der Waals surface area contributed by atoms with Crippen LogP contribution in [0.15, 0.2) is 38.5 Å². The van der Waals surface area contributed by atoms with E-state index in [1.54, 1.807) is 37.4 Å². The number of sulfonamides is 1. The number of aromatic nitrogens is 5. The maximum atomic E-state index is 13.7. The van der Waals surface area contributed by atoms with Gasteiger partial charge in [-0.2, -0.15) is 5.10 Å². The highest BCUT2D eigenvalue weighted by atomic mass is 32.2. The lowest BCUT2D eigenvalue weighted by molar-refractivity contribution is 0.406. The number of aryl methyl sites for hydroxylation is 2. The number of nitrogens with zero attached hydrogens (tertiary/aromatic N) is 5. The van der Waals surface area contributed by atoms with Gasteiger partial charge in [-0.25, -0.2) is 17.9 Å². The Kier molecular flexibility index (Phi) is 6.12. The number of nitrogens with one attached hydrogen (secondary N) is 1. The zero-order chi connectivity index (χ0) is 26.7. The topological polar surface area (TPSA) is 130 Å². The number of pyridine rings is 1. The van der Waals surface area contributed by atoms with E-state index in [4.69, 9.17) is 4.74 Å². The quantitative estimate of drug-likeness (QED) is 0.359. The van der Waals surface area contributed by atoms with Crippen molar-refractivity contribution >= 4 is 31.6 Å². The first-order chi connectivity index (χ1) is 17.4. The second kappa shape index (κ2) is 8.92. The molecular formula is C24H28N6O5S2. The molecule has 37 heavy (non-hydrogen) atoms. The zero-order valence-corrected chi connectivity index (χ0v) is 22.9. The minimum atomic E-state index is -3.87. The van der Waals surface area contributed by atoms with Crippen molar-refractivity contribution in [2.75, 3.05) is 7.11 Å². The molecule has 13 heteroatoms. The van der Waals surface area contributed by atoms with E-state index >= 15 is 0 Å². The summed E-state index contributed by atoms with van der Waals surface area (Å²) in [6.07, 6.45) is 6.47. The lowest BCUT2D eigenvalue weighted by Crippen LogP contribution is -2.40. The van der Waals surface area contributed by atoms with Gasteiger partial charge in [-0.15, -0.1) is 11.3 Å². The summed E-state index contributed by atoms with van der Waals surface area (Å²) in [5.41, 5.74) is 1.28. The molecule has 0 aliphatic heterocycles. The van der Waals surface area contributed by atoms with Crippen LogP contribution in [0, 0.1) is 13.8 Å². The van der Waals surface area contributed by atoms with E-state index in [1.807, 2.05) is 20.8 Å². The fourth-order valence-corrected chi connectivity index (χ4v) is 7.27. The number of thiophene rings is 1. The van der Waals surface area contributed by atoms with Crippen LogP contribution in [0.25, 0.3) is 10.2 Å². The third-order valence-electron chi connectivity index (χ3n) is 6.67. The van der Waals surface area contributed by atoms with Crippen molar-refractivity contribution in [2.24, 2.45) is 7.05 Å². The predicted octanol–water partition coefficient (Wildman–Crippen LogP) is 1.91. The molecule has 1 N–H and O–H groups in total. The van der Waals surface area contributed by atoms with E-state index in [-0.39, 0.29) is 27.5 Å². The Morgan fingerprint density at radius 1 is 1.16 bits per heavy atom. The fraction of sp³-hybridized carbons (Fsp3) is 0.417. The molecule has 4 heterocycles. The molecular weight excluding hydrogens is 516 g/mol. The number of methoxy groups -OCH3 is 1. The molecule has 0 radical (unpaired) electrons. The highest BCUT2D eigenvalue weighted by Crippen LogP contribution is 2.37. The molecule has 1 saturated carbocycles. The number of ether oxygens (including phenoxy) is 1. The average Bonchev–Trinajstić information content (AvgIpc) is 3.20. The third-order valence-corrected chi connectivity index (χ3v) is 9.94. The molecule has 0 amide bonds. The Balaban J connectivity index is 1.71. The summed E-state index contributed by atoms with van der Waals surface area (Å²) < 4.78 is 38.6. The van der Waals surface area contributed by atoms with E-state index in [2.05, 4.69) is 14.8 Å². The Bertz CT molecular complexity index is 1760. The number of rotatable bonds is 8. The molecule has 0 aromatic carbocycles. The van der Waals surface area contributed by atoms with Crippen molar-refractivity contribution in [3.8, 4) is 5.75 Å². The molecule has 0 unspecified atom stereocenters. The molecule has 5 rings (SSSR count). The van der Waals surface area contributed by atoms with Crippen LogP contribution in [0.3, 0.4) is 0 Å². The van der Waals surface area contributed by atoms with Gasteiger partial charge in [0.1, 0.15) is 14.8 Å². The normalized spacial score (nSPS) is 14.8. The molecule has 11 nitrogen and oxygen atoms in total. The second-order valence-electron chi connectivity index (χ2n) is 9.78. The average molecular weight is 545 g/mol. The smallest absolute Gasteiger partial charge is 0.332 e. The lowest BCUT2D eigenvalue weighted by atomic mass is 10.1. The van der Waals surface area contributed by atoms with Crippen molar-refractivity contribution in [3.63, 3.8) is 0 Å². The highest BCUT2D eigenvalue weighted by Gasteiger charge is 2.41. The van der Waals surface area contributed by atoms with Gasteiger partial charge in [0.2, 0.25) is 0 Å². The first-order valence-corrected chi connectivity index (χ1v) is 14.0. The van der Waals surface area contributed by atoms with Crippen LogP contribution in [-0.4, -0.2) is 45.0 Å². The predicted molar refractivity (Wildman–Crippen MR) is 140 cm³/mol. The van der Waals surface area contributed by atoms with Crippen molar-refractivity contribution in [2.45, 2.75) is 56.5 Å². The van der Waals surface area contributed by atoms with Gasteiger partial charge in [-0.1, -0.05) is 0 Å². The molecule has 4 aromatic heterocycles. The van der Waals surface area contributed by atoms with Crippen LogP contribution in [0.5, 0.6) is 5.75 Å². The summed E-state index contributed by atoms with van der Waals surface area (Å²) in [5, 5.41) is 4.28. The van der Waals surface area contributed by atoms with Gasteiger partial charge in [0.15, 0.2) is 0 Å². The van der Waals surface area contributed by atoms with Crippen LogP contribution in [0.2, 0.25) is 0 Å². The van der Waals surface area contributed by atoms with E-state index in [1.165, 1.54) is 10.6 Å². The molecule has 0 atom stereocenters. The van der Waals surface area contributed by atoms with Gasteiger partial charge in [-0.05, 0) is 39.7 Å². The minimum absolute atomic E-state index is 0.000667. The Morgan fingerprint density at radius 2 is 1.89 bits per heavy atom. The standard InChI is InChI=1S/C24H28N6O5S2/c1-14-9-25-18(15(2)20(14)35-5)13-30-22-17(8-19(36-22)37(33,34)27-24(3)6-7-24)21(31)29(23(30)32)12-16-10-26-28(4)11-16/h8-11,27H,6-7,12-13H2,1-5H3. The van der Waals surface area contributed by atoms with Crippen molar-refractivity contribution in [1.82, 2.24) is 28.6 Å². The van der Waals surface area contributed by atoms with Crippen LogP contribution in [0.1, 0.15) is 42.1 Å². The zero-order valence-electron chi connectivity index (χ0n) is 21.2. The molecule has 0 spiro atoms. The van der Waals surface area contributed by atoms with E-state index in [9.17, 15) is 18.0 Å². The summed E-state index contributed by atoms with van der Waals surface area (Å²) in [7, 11) is -0.556. The summed E-state index contributed by atoms with van der Waals surface area (Å²) in [6.45, 7) is 5.61. The van der Waals surface area contributed by atoms with Crippen LogP contribution in [0.4, 0.5) is 0 Å². The van der Waals surface area contributed by atoms with Gasteiger partial charge in [-0.3, -0.25) is 23.6 Å². The van der Waals surface area contributed by atoms with Gasteiger partial charge in [0.25, 0.3) is 15.6 Å². The van der Waals surface area contributed by atoms with Crippen molar-refractivity contribution in [1.29, 1.82) is 0 Å². The first kappa shape index (κ1) is 25.4. The molecule has 1 fully saturated rings. The molecule has 0 bridgehead atoms. The van der Waals surface area contributed by atoms with Gasteiger partial charge >= 0.3 is 5.69 Å². The van der Waals surface area contributed by atoms with Crippen LogP contribution < -0.4 is 20.7 Å². The fourth-order valence-electron chi connectivity index (χ4n) is 4.37. The molecule has 0 saturated heterocycles. The maximum Gasteiger partial charge on any atom is 0.332 e. The largest absolute Gasteiger partial charge is 0.496 e. The molecule has 1 aliphatic rings. The molecule has 196 valence electrons. The number of hydrogen-bond acceptors (Lipinski definition) is 8. The van der Waals surface area contributed by atoms with Gasteiger partial charge in [0, 0.05) is 41.7 Å². The number of hydrogen-bond donors (Lipinski definition) is 1. The van der Waals surface area contributed by atoms with E-state index in [0.717, 1.165) is 39.9 Å². The van der Waals surface area contributed by atoms with Crippen LogP contribution >= 0.6 is 11.3 Å². The van der Waals surface area contributed by atoms with E-state index < -0.39 is 26.8 Å². The summed E-state index contributed by atoms with van der Waals surface area (Å²) in [4.78, 5) is 32.0. The Morgan fingerprint density at radius 3 is 2.51 bits per heavy atom.